The van der Waals surface area contributed by atoms with Gasteiger partial charge in [-0.1, -0.05) is 43.0 Å². The number of benzene rings is 2. The zero-order valence-electron chi connectivity index (χ0n) is 13.4. The van der Waals surface area contributed by atoms with Crippen LogP contribution < -0.4 is 4.74 Å². The molecule has 0 saturated carbocycles. The maximum atomic E-state index is 13.1. The third kappa shape index (κ3) is 1.86. The van der Waals surface area contributed by atoms with Gasteiger partial charge in [0.05, 0.1) is 13.0 Å². The molecule has 1 heterocycles. The van der Waals surface area contributed by atoms with Gasteiger partial charge in [-0.15, -0.1) is 0 Å². The van der Waals surface area contributed by atoms with Crippen molar-refractivity contribution in [1.29, 1.82) is 0 Å². The van der Waals surface area contributed by atoms with Crippen LogP contribution in [-0.2, 0) is 9.53 Å². The molecule has 2 aliphatic rings. The van der Waals surface area contributed by atoms with Crippen molar-refractivity contribution in [2.24, 2.45) is 0 Å². The third-order valence-electron chi connectivity index (χ3n) is 4.81. The molecule has 1 aliphatic heterocycles. The van der Waals surface area contributed by atoms with E-state index in [1.807, 2.05) is 0 Å². The minimum atomic E-state index is -1.90. The molecule has 5 heteroatoms. The summed E-state index contributed by atoms with van der Waals surface area (Å²) in [6.07, 6.45) is 0. The molecule has 0 bridgehead atoms. The summed E-state index contributed by atoms with van der Waals surface area (Å²) in [5, 5.41) is 0. The van der Waals surface area contributed by atoms with Gasteiger partial charge < -0.3 is 9.47 Å². The fraction of sp³-hybridized carbons (Fsp3) is 0.150. The first-order valence-corrected chi connectivity index (χ1v) is 7.75. The molecule has 124 valence electrons. The van der Waals surface area contributed by atoms with Crippen molar-refractivity contribution < 1.29 is 23.9 Å². The zero-order valence-corrected chi connectivity index (χ0v) is 13.4. The summed E-state index contributed by atoms with van der Waals surface area (Å²) in [5.41, 5.74) is -0.653. The first-order valence-electron chi connectivity index (χ1n) is 7.75. The Hall–Kier alpha value is -3.21. The Morgan fingerprint density at radius 2 is 1.52 bits per heavy atom. The van der Waals surface area contributed by atoms with Crippen molar-refractivity contribution in [2.45, 2.75) is 11.5 Å². The predicted octanol–water partition coefficient (Wildman–Crippen LogP) is 2.71. The lowest BCUT2D eigenvalue weighted by atomic mass is 9.76. The molecule has 0 aromatic heterocycles. The number of hydrogen-bond acceptors (Lipinski definition) is 5. The van der Waals surface area contributed by atoms with E-state index >= 15 is 0 Å². The summed E-state index contributed by atoms with van der Waals surface area (Å²) in [7, 11) is 1.54. The SMILES string of the molecule is C=C1C(=O)OC2(C(=O)c3ccccc3C2=O)C1c1ccc(OC)cc1. The lowest BCUT2D eigenvalue weighted by Crippen LogP contribution is -2.45. The van der Waals surface area contributed by atoms with Gasteiger partial charge in [0.25, 0.3) is 0 Å². The lowest BCUT2D eigenvalue weighted by Gasteiger charge is -2.26. The fourth-order valence-corrected chi connectivity index (χ4v) is 3.60. The molecule has 25 heavy (non-hydrogen) atoms. The standard InChI is InChI=1S/C20H14O5/c1-11-16(12-7-9-13(24-2)10-8-12)20(25-19(11)23)17(21)14-5-3-4-6-15(14)18(20)22/h3-10,16H,1H2,2H3. The second-order valence-corrected chi connectivity index (χ2v) is 6.06. The first kappa shape index (κ1) is 15.3. The Morgan fingerprint density at radius 3 is 2.04 bits per heavy atom. The van der Waals surface area contributed by atoms with Crippen LogP contribution in [-0.4, -0.2) is 30.2 Å². The average Bonchev–Trinajstić information content (AvgIpc) is 3.03. The smallest absolute Gasteiger partial charge is 0.335 e. The van der Waals surface area contributed by atoms with Crippen LogP contribution in [0, 0.1) is 0 Å². The van der Waals surface area contributed by atoms with E-state index in [1.165, 1.54) is 7.11 Å². The molecule has 0 N–H and O–H groups in total. The number of carbonyl (C=O) groups excluding carboxylic acids is 3. The van der Waals surface area contributed by atoms with E-state index in [4.69, 9.17) is 9.47 Å². The molecule has 1 unspecified atom stereocenters. The minimum Gasteiger partial charge on any atom is -0.497 e. The Kier molecular flexibility index (Phi) is 3.15. The quantitative estimate of drug-likeness (QED) is 0.480. The number of methoxy groups -OCH3 is 1. The van der Waals surface area contributed by atoms with Crippen molar-refractivity contribution in [3.8, 4) is 5.75 Å². The van der Waals surface area contributed by atoms with Crippen LogP contribution in [0.15, 0.2) is 60.7 Å². The van der Waals surface area contributed by atoms with Crippen molar-refractivity contribution in [3.05, 3.63) is 77.4 Å². The molecule has 1 spiro atoms. The van der Waals surface area contributed by atoms with Crippen LogP contribution in [0.5, 0.6) is 5.75 Å². The van der Waals surface area contributed by atoms with Gasteiger partial charge in [-0.25, -0.2) is 4.79 Å². The number of hydrogen-bond donors (Lipinski definition) is 0. The molecule has 2 aromatic carbocycles. The molecule has 4 rings (SSSR count). The second-order valence-electron chi connectivity index (χ2n) is 6.06. The Bertz CT molecular complexity index is 904. The second kappa shape index (κ2) is 5.14. The summed E-state index contributed by atoms with van der Waals surface area (Å²) in [5.74, 6) is -1.96. The van der Waals surface area contributed by atoms with E-state index in [0.717, 1.165) is 0 Å². The monoisotopic (exact) mass is 334 g/mol. The topological polar surface area (TPSA) is 69.7 Å². The molecule has 5 nitrogen and oxygen atoms in total. The van der Waals surface area contributed by atoms with Crippen LogP contribution in [0.2, 0.25) is 0 Å². The van der Waals surface area contributed by atoms with E-state index < -0.39 is 29.1 Å². The molecule has 1 fully saturated rings. The summed E-state index contributed by atoms with van der Waals surface area (Å²) in [6.45, 7) is 3.78. The molecule has 0 radical (unpaired) electrons. The Morgan fingerprint density at radius 1 is 0.960 bits per heavy atom. The van der Waals surface area contributed by atoms with Crippen LogP contribution in [0.3, 0.4) is 0 Å². The van der Waals surface area contributed by atoms with Gasteiger partial charge >= 0.3 is 5.97 Å². The van der Waals surface area contributed by atoms with E-state index in [1.54, 1.807) is 48.5 Å². The molecular formula is C20H14O5. The van der Waals surface area contributed by atoms with Crippen LogP contribution >= 0.6 is 0 Å². The molecule has 0 amide bonds. The van der Waals surface area contributed by atoms with Gasteiger partial charge in [0.1, 0.15) is 5.75 Å². The van der Waals surface area contributed by atoms with Crippen molar-refractivity contribution >= 4 is 17.5 Å². The third-order valence-corrected chi connectivity index (χ3v) is 4.81. The number of ether oxygens (including phenoxy) is 2. The number of ketones is 2. The lowest BCUT2D eigenvalue weighted by molar-refractivity contribution is -0.140. The highest BCUT2D eigenvalue weighted by Gasteiger charge is 2.66. The predicted molar refractivity (Wildman–Crippen MR) is 88.8 cm³/mol. The highest BCUT2D eigenvalue weighted by Crippen LogP contribution is 2.50. The van der Waals surface area contributed by atoms with Gasteiger partial charge in [0.15, 0.2) is 0 Å². The summed E-state index contributed by atoms with van der Waals surface area (Å²) in [6, 6.07) is 13.3. The largest absolute Gasteiger partial charge is 0.497 e. The zero-order chi connectivity index (χ0) is 17.8. The van der Waals surface area contributed by atoms with E-state index in [2.05, 4.69) is 6.58 Å². The molecule has 2 aromatic rings. The number of fused-ring (bicyclic) bond motifs is 1. The van der Waals surface area contributed by atoms with E-state index in [9.17, 15) is 14.4 Å². The van der Waals surface area contributed by atoms with Crippen molar-refractivity contribution in [3.63, 3.8) is 0 Å². The molecular weight excluding hydrogens is 320 g/mol. The molecule has 1 aliphatic carbocycles. The summed E-state index contributed by atoms with van der Waals surface area (Å²) < 4.78 is 10.5. The number of esters is 1. The van der Waals surface area contributed by atoms with Gasteiger partial charge in [-0.05, 0) is 17.7 Å². The minimum absolute atomic E-state index is 0.0969. The maximum absolute atomic E-state index is 13.1. The summed E-state index contributed by atoms with van der Waals surface area (Å²) in [4.78, 5) is 38.4. The van der Waals surface area contributed by atoms with E-state index in [-0.39, 0.29) is 16.7 Å². The van der Waals surface area contributed by atoms with Crippen molar-refractivity contribution in [1.82, 2.24) is 0 Å². The highest BCUT2D eigenvalue weighted by molar-refractivity contribution is 6.35. The number of Topliss-reactive ketones (excluding diaryl/α,β-unsaturated/α-hetero) is 2. The Labute approximate surface area is 143 Å². The first-order chi connectivity index (χ1) is 12.0. The van der Waals surface area contributed by atoms with Gasteiger partial charge in [0.2, 0.25) is 17.2 Å². The summed E-state index contributed by atoms with van der Waals surface area (Å²) >= 11 is 0. The van der Waals surface area contributed by atoms with Gasteiger partial charge in [-0.3, -0.25) is 9.59 Å². The highest BCUT2D eigenvalue weighted by atomic mass is 16.6. The molecule has 1 saturated heterocycles. The molecule has 1 atom stereocenters. The fourth-order valence-electron chi connectivity index (χ4n) is 3.60. The van der Waals surface area contributed by atoms with E-state index in [0.29, 0.717) is 11.3 Å². The van der Waals surface area contributed by atoms with Gasteiger partial charge in [-0.2, -0.15) is 0 Å². The average molecular weight is 334 g/mol. The van der Waals surface area contributed by atoms with Crippen LogP contribution in [0.1, 0.15) is 32.2 Å². The normalized spacial score (nSPS) is 20.8. The van der Waals surface area contributed by atoms with Crippen LogP contribution in [0.4, 0.5) is 0 Å². The number of rotatable bonds is 2. The van der Waals surface area contributed by atoms with Crippen LogP contribution in [0.25, 0.3) is 0 Å². The maximum Gasteiger partial charge on any atom is 0.335 e. The Balaban J connectivity index is 1.91. The van der Waals surface area contributed by atoms with Gasteiger partial charge in [0, 0.05) is 16.7 Å². The van der Waals surface area contributed by atoms with Crippen molar-refractivity contribution in [2.75, 3.05) is 7.11 Å². The number of carbonyl (C=O) groups is 3.